The molecule has 4 rings (SSSR count). The van der Waals surface area contributed by atoms with Gasteiger partial charge in [-0.05, 0) is 66.2 Å². The normalized spacial score (nSPS) is 11.1. The molecule has 31 heavy (non-hydrogen) atoms. The summed E-state index contributed by atoms with van der Waals surface area (Å²) in [5.74, 6) is 0.405. The zero-order valence-electron chi connectivity index (χ0n) is 16.0. The third-order valence-electron chi connectivity index (χ3n) is 4.09. The van der Waals surface area contributed by atoms with Crippen molar-refractivity contribution in [2.45, 2.75) is 5.16 Å². The molecule has 8 nitrogen and oxygen atoms in total. The Morgan fingerprint density at radius 1 is 1.16 bits per heavy atom. The Labute approximate surface area is 180 Å². The zero-order valence-corrected chi connectivity index (χ0v) is 16.8. The summed E-state index contributed by atoms with van der Waals surface area (Å²) in [6.07, 6.45) is 2.99. The van der Waals surface area contributed by atoms with Crippen LogP contribution in [0, 0.1) is 5.82 Å². The molecule has 0 fully saturated rings. The Morgan fingerprint density at radius 2 is 1.94 bits per heavy atom. The Hall–Kier alpha value is -3.92. The van der Waals surface area contributed by atoms with Crippen molar-refractivity contribution in [2.24, 2.45) is 5.10 Å². The van der Waals surface area contributed by atoms with Crippen LogP contribution in [-0.2, 0) is 4.79 Å². The number of halogens is 1. The number of aromatic hydroxyl groups is 1. The Kier molecular flexibility index (Phi) is 6.08. The van der Waals surface area contributed by atoms with Crippen molar-refractivity contribution in [3.05, 3.63) is 78.3 Å². The number of hydrogen-bond donors (Lipinski definition) is 2. The van der Waals surface area contributed by atoms with E-state index in [4.69, 9.17) is 4.42 Å². The van der Waals surface area contributed by atoms with E-state index in [1.165, 1.54) is 36.7 Å². The number of aromatic nitrogens is 3. The molecule has 0 radical (unpaired) electrons. The summed E-state index contributed by atoms with van der Waals surface area (Å²) in [5.41, 5.74) is 3.80. The minimum atomic E-state index is -0.364. The summed E-state index contributed by atoms with van der Waals surface area (Å²) in [6, 6.07) is 15.7. The second kappa shape index (κ2) is 9.26. The molecule has 2 aromatic heterocycles. The van der Waals surface area contributed by atoms with Crippen molar-refractivity contribution >= 4 is 23.9 Å². The number of furan rings is 1. The minimum absolute atomic E-state index is 0.0321. The first-order chi connectivity index (χ1) is 15.1. The molecule has 0 atom stereocenters. The highest BCUT2D eigenvalue weighted by Crippen LogP contribution is 2.28. The molecule has 2 aromatic carbocycles. The number of amides is 1. The number of nitrogens with zero attached hydrogens (tertiary/aromatic N) is 4. The number of phenolic OH excluding ortho intramolecular Hbond substituents is 1. The first kappa shape index (κ1) is 20.4. The summed E-state index contributed by atoms with van der Waals surface area (Å²) < 4.78 is 20.5. The monoisotopic (exact) mass is 437 g/mol. The zero-order chi connectivity index (χ0) is 21.6. The van der Waals surface area contributed by atoms with Crippen LogP contribution in [0.25, 0.3) is 17.3 Å². The number of carbonyl (C=O) groups excluding carboxylic acids is 1. The van der Waals surface area contributed by atoms with Crippen LogP contribution in [0.1, 0.15) is 5.56 Å². The number of benzene rings is 2. The first-order valence-corrected chi connectivity index (χ1v) is 10.1. The number of rotatable bonds is 7. The number of nitrogens with one attached hydrogen (secondary N) is 1. The molecule has 0 bridgehead atoms. The SMILES string of the molecule is O=C(CSc1nnc(-c2ccco2)n1-c1ccc(F)cc1)NN=Cc1ccc(O)cc1. The Balaban J connectivity index is 1.47. The summed E-state index contributed by atoms with van der Waals surface area (Å²) in [7, 11) is 0. The molecule has 10 heteroatoms. The summed E-state index contributed by atoms with van der Waals surface area (Å²) in [4.78, 5) is 12.2. The molecule has 2 heterocycles. The van der Waals surface area contributed by atoms with Gasteiger partial charge in [-0.3, -0.25) is 9.36 Å². The molecular formula is C21H16FN5O3S. The lowest BCUT2D eigenvalue weighted by Crippen LogP contribution is -2.20. The largest absolute Gasteiger partial charge is 0.508 e. The maximum absolute atomic E-state index is 13.4. The van der Waals surface area contributed by atoms with Crippen LogP contribution in [-0.4, -0.2) is 37.7 Å². The van der Waals surface area contributed by atoms with Crippen LogP contribution in [0.15, 0.2) is 81.6 Å². The highest BCUT2D eigenvalue weighted by molar-refractivity contribution is 7.99. The van der Waals surface area contributed by atoms with Crippen LogP contribution < -0.4 is 5.43 Å². The fourth-order valence-electron chi connectivity index (χ4n) is 2.65. The number of carbonyl (C=O) groups is 1. The highest BCUT2D eigenvalue weighted by atomic mass is 32.2. The van der Waals surface area contributed by atoms with Gasteiger partial charge in [-0.15, -0.1) is 10.2 Å². The van der Waals surface area contributed by atoms with E-state index in [1.807, 2.05) is 0 Å². The molecule has 1 amide bonds. The predicted molar refractivity (Wildman–Crippen MR) is 114 cm³/mol. The van der Waals surface area contributed by atoms with Gasteiger partial charge in [-0.2, -0.15) is 5.10 Å². The minimum Gasteiger partial charge on any atom is -0.508 e. The van der Waals surface area contributed by atoms with E-state index in [2.05, 4.69) is 20.7 Å². The van der Waals surface area contributed by atoms with Gasteiger partial charge in [-0.25, -0.2) is 9.82 Å². The van der Waals surface area contributed by atoms with Crippen LogP contribution in [0.3, 0.4) is 0 Å². The van der Waals surface area contributed by atoms with E-state index in [9.17, 15) is 14.3 Å². The second-order valence-corrected chi connectivity index (χ2v) is 7.21. The molecule has 4 aromatic rings. The summed E-state index contributed by atoms with van der Waals surface area (Å²) >= 11 is 1.16. The van der Waals surface area contributed by atoms with Crippen LogP contribution >= 0.6 is 11.8 Å². The number of thioether (sulfide) groups is 1. The topological polar surface area (TPSA) is 106 Å². The molecular weight excluding hydrogens is 421 g/mol. The average Bonchev–Trinajstić information content (AvgIpc) is 3.44. The van der Waals surface area contributed by atoms with E-state index in [-0.39, 0.29) is 23.2 Å². The number of hydrogen-bond acceptors (Lipinski definition) is 7. The molecule has 0 aliphatic rings. The molecule has 0 aliphatic heterocycles. The van der Waals surface area contributed by atoms with Crippen LogP contribution in [0.5, 0.6) is 5.75 Å². The molecule has 2 N–H and O–H groups in total. The second-order valence-electron chi connectivity index (χ2n) is 6.27. The smallest absolute Gasteiger partial charge is 0.250 e. The van der Waals surface area contributed by atoms with Gasteiger partial charge in [0.25, 0.3) is 5.91 Å². The lowest BCUT2D eigenvalue weighted by molar-refractivity contribution is -0.118. The van der Waals surface area contributed by atoms with Gasteiger partial charge in [-0.1, -0.05) is 11.8 Å². The van der Waals surface area contributed by atoms with Crippen LogP contribution in [0.2, 0.25) is 0 Å². The van der Waals surface area contributed by atoms with E-state index < -0.39 is 0 Å². The summed E-state index contributed by atoms with van der Waals surface area (Å²) in [5, 5.41) is 21.9. The van der Waals surface area contributed by atoms with Gasteiger partial charge >= 0.3 is 0 Å². The molecule has 0 saturated carbocycles. The number of hydrazone groups is 1. The highest BCUT2D eigenvalue weighted by Gasteiger charge is 2.19. The third-order valence-corrected chi connectivity index (χ3v) is 5.02. The van der Waals surface area contributed by atoms with Gasteiger partial charge in [0.05, 0.1) is 23.9 Å². The third kappa shape index (κ3) is 4.98. The standard InChI is InChI=1S/C21H16FN5O3S/c22-15-5-7-16(8-6-15)27-20(18-2-1-11-30-18)25-26-21(27)31-13-19(29)24-23-12-14-3-9-17(28)10-4-14/h1-12,28H,13H2,(H,24,29). The van der Waals surface area contributed by atoms with E-state index >= 15 is 0 Å². The van der Waals surface area contributed by atoms with Crippen LogP contribution in [0.4, 0.5) is 4.39 Å². The maximum atomic E-state index is 13.4. The molecule has 156 valence electrons. The van der Waals surface area contributed by atoms with Gasteiger partial charge in [0, 0.05) is 0 Å². The van der Waals surface area contributed by atoms with Crippen molar-refractivity contribution < 1.29 is 18.7 Å². The fraction of sp³-hybridized carbons (Fsp3) is 0.0476. The fourth-order valence-corrected chi connectivity index (χ4v) is 3.40. The van der Waals surface area contributed by atoms with Gasteiger partial charge in [0.15, 0.2) is 10.9 Å². The average molecular weight is 437 g/mol. The Morgan fingerprint density at radius 3 is 2.65 bits per heavy atom. The quantitative estimate of drug-likeness (QED) is 0.260. The van der Waals surface area contributed by atoms with E-state index in [0.29, 0.717) is 22.4 Å². The van der Waals surface area contributed by atoms with Gasteiger partial charge < -0.3 is 9.52 Å². The van der Waals surface area contributed by atoms with Gasteiger partial charge in [0.2, 0.25) is 5.82 Å². The summed E-state index contributed by atoms with van der Waals surface area (Å²) in [6.45, 7) is 0. The number of phenols is 1. The Bertz CT molecular complexity index is 1190. The van der Waals surface area contributed by atoms with Crippen molar-refractivity contribution in [1.29, 1.82) is 0 Å². The predicted octanol–water partition coefficient (Wildman–Crippen LogP) is 3.61. The molecule has 0 unspecified atom stereocenters. The molecule has 0 saturated heterocycles. The maximum Gasteiger partial charge on any atom is 0.250 e. The first-order valence-electron chi connectivity index (χ1n) is 9.09. The molecule has 0 aliphatic carbocycles. The van der Waals surface area contributed by atoms with Crippen molar-refractivity contribution in [3.8, 4) is 23.0 Å². The van der Waals surface area contributed by atoms with E-state index in [0.717, 1.165) is 17.3 Å². The van der Waals surface area contributed by atoms with Gasteiger partial charge in [0.1, 0.15) is 11.6 Å². The van der Waals surface area contributed by atoms with Crippen molar-refractivity contribution in [2.75, 3.05) is 5.75 Å². The lowest BCUT2D eigenvalue weighted by atomic mass is 10.2. The van der Waals surface area contributed by atoms with E-state index in [1.54, 1.807) is 41.0 Å². The van der Waals surface area contributed by atoms with Crippen molar-refractivity contribution in [1.82, 2.24) is 20.2 Å². The van der Waals surface area contributed by atoms with Crippen molar-refractivity contribution in [3.63, 3.8) is 0 Å². The molecule has 0 spiro atoms. The lowest BCUT2D eigenvalue weighted by Gasteiger charge is -2.09.